The Hall–Kier alpha value is -3.02. The van der Waals surface area contributed by atoms with E-state index in [2.05, 4.69) is 15.0 Å². The van der Waals surface area contributed by atoms with Gasteiger partial charge in [-0.05, 0) is 25.1 Å². The Labute approximate surface area is 120 Å². The molecule has 0 aliphatic rings. The molecule has 1 aromatic carbocycles. The average molecular weight is 281 g/mol. The van der Waals surface area contributed by atoms with Gasteiger partial charge in [0.05, 0.1) is 17.2 Å². The maximum atomic E-state index is 11.2. The lowest BCUT2D eigenvalue weighted by Gasteiger charge is -2.09. The van der Waals surface area contributed by atoms with Crippen LogP contribution in [0.3, 0.4) is 0 Å². The highest BCUT2D eigenvalue weighted by Crippen LogP contribution is 2.26. The maximum absolute atomic E-state index is 11.2. The van der Waals surface area contributed by atoms with E-state index in [-0.39, 0.29) is 17.2 Å². The summed E-state index contributed by atoms with van der Waals surface area (Å²) in [5.41, 5.74) is 2.04. The van der Waals surface area contributed by atoms with Crippen molar-refractivity contribution in [1.29, 1.82) is 0 Å². The van der Waals surface area contributed by atoms with Gasteiger partial charge in [0, 0.05) is 6.20 Å². The average Bonchev–Trinajstić information content (AvgIpc) is 2.48. The molecule has 104 valence electrons. The van der Waals surface area contributed by atoms with E-state index in [4.69, 9.17) is 9.84 Å². The molecular formula is C15H11N3O3. The molecule has 0 amide bonds. The summed E-state index contributed by atoms with van der Waals surface area (Å²) in [6.07, 6.45) is 2.75. The number of carbonyl (C=O) groups is 1. The second kappa shape index (κ2) is 5.16. The second-order valence-electron chi connectivity index (χ2n) is 4.38. The fourth-order valence-electron chi connectivity index (χ4n) is 1.91. The first-order valence-electron chi connectivity index (χ1n) is 6.23. The first kappa shape index (κ1) is 13.0. The van der Waals surface area contributed by atoms with Crippen molar-refractivity contribution in [2.75, 3.05) is 0 Å². The predicted octanol–water partition coefficient (Wildman–Crippen LogP) is 2.82. The molecule has 0 atom stereocenters. The Morgan fingerprint density at radius 3 is 2.57 bits per heavy atom. The predicted molar refractivity (Wildman–Crippen MR) is 75.5 cm³/mol. The summed E-state index contributed by atoms with van der Waals surface area (Å²) < 4.78 is 5.59. The van der Waals surface area contributed by atoms with Crippen LogP contribution in [0.25, 0.3) is 11.0 Å². The quantitative estimate of drug-likeness (QED) is 0.794. The van der Waals surface area contributed by atoms with E-state index in [1.165, 1.54) is 18.5 Å². The maximum Gasteiger partial charge on any atom is 0.339 e. The zero-order valence-electron chi connectivity index (χ0n) is 11.1. The molecule has 0 bridgehead atoms. The number of aryl methyl sites for hydroxylation is 1. The van der Waals surface area contributed by atoms with Gasteiger partial charge in [-0.2, -0.15) is 0 Å². The molecule has 6 nitrogen and oxygen atoms in total. The Morgan fingerprint density at radius 1 is 1.14 bits per heavy atom. The van der Waals surface area contributed by atoms with E-state index >= 15 is 0 Å². The number of aromatic carboxylic acids is 1. The lowest BCUT2D eigenvalue weighted by Crippen LogP contribution is -2.02. The van der Waals surface area contributed by atoms with Gasteiger partial charge in [0.2, 0.25) is 5.88 Å². The van der Waals surface area contributed by atoms with Gasteiger partial charge in [-0.25, -0.2) is 14.8 Å². The summed E-state index contributed by atoms with van der Waals surface area (Å²) in [7, 11) is 0. The van der Waals surface area contributed by atoms with E-state index in [1.807, 2.05) is 24.3 Å². The first-order chi connectivity index (χ1) is 10.1. The van der Waals surface area contributed by atoms with Crippen LogP contribution in [-0.2, 0) is 0 Å². The Kier molecular flexibility index (Phi) is 3.19. The van der Waals surface area contributed by atoms with E-state index in [0.717, 1.165) is 5.52 Å². The highest BCUT2D eigenvalue weighted by Gasteiger charge is 2.14. The number of carboxylic acids is 1. The van der Waals surface area contributed by atoms with Crippen molar-refractivity contribution in [1.82, 2.24) is 15.0 Å². The van der Waals surface area contributed by atoms with Crippen LogP contribution in [0, 0.1) is 6.92 Å². The largest absolute Gasteiger partial charge is 0.478 e. The summed E-state index contributed by atoms with van der Waals surface area (Å²) in [6.45, 7) is 1.76. The smallest absolute Gasteiger partial charge is 0.339 e. The molecule has 2 heterocycles. The number of pyridine rings is 1. The minimum Gasteiger partial charge on any atom is -0.478 e. The number of rotatable bonds is 3. The van der Waals surface area contributed by atoms with Crippen LogP contribution in [0.5, 0.6) is 11.6 Å². The summed E-state index contributed by atoms with van der Waals surface area (Å²) >= 11 is 0. The Balaban J connectivity index is 2.06. The van der Waals surface area contributed by atoms with Gasteiger partial charge >= 0.3 is 5.97 Å². The number of nitrogens with zero attached hydrogens (tertiary/aromatic N) is 3. The van der Waals surface area contributed by atoms with Crippen LogP contribution < -0.4 is 4.74 Å². The zero-order chi connectivity index (χ0) is 14.8. The lowest BCUT2D eigenvalue weighted by molar-refractivity contribution is 0.0694. The molecule has 21 heavy (non-hydrogen) atoms. The van der Waals surface area contributed by atoms with Crippen LogP contribution in [0.2, 0.25) is 0 Å². The van der Waals surface area contributed by atoms with Gasteiger partial charge in [0.15, 0.2) is 5.75 Å². The normalized spacial score (nSPS) is 10.5. The van der Waals surface area contributed by atoms with Crippen molar-refractivity contribution in [2.24, 2.45) is 0 Å². The molecule has 6 heteroatoms. The van der Waals surface area contributed by atoms with Crippen molar-refractivity contribution in [3.8, 4) is 11.6 Å². The SMILES string of the molecule is Cc1nc2ccccc2nc1Oc1cnccc1C(=O)O. The molecular weight excluding hydrogens is 270 g/mol. The van der Waals surface area contributed by atoms with Gasteiger partial charge in [0.1, 0.15) is 11.3 Å². The van der Waals surface area contributed by atoms with E-state index < -0.39 is 5.97 Å². The first-order valence-corrected chi connectivity index (χ1v) is 6.23. The van der Waals surface area contributed by atoms with Gasteiger partial charge in [-0.3, -0.25) is 4.98 Å². The molecule has 0 saturated carbocycles. The monoisotopic (exact) mass is 281 g/mol. The minimum absolute atomic E-state index is 0.0272. The molecule has 0 spiro atoms. The molecule has 0 aliphatic carbocycles. The number of benzene rings is 1. The Morgan fingerprint density at radius 2 is 1.86 bits per heavy atom. The van der Waals surface area contributed by atoms with Crippen LogP contribution in [0.15, 0.2) is 42.7 Å². The van der Waals surface area contributed by atoms with E-state index in [0.29, 0.717) is 11.2 Å². The molecule has 2 aromatic heterocycles. The molecule has 0 fully saturated rings. The second-order valence-corrected chi connectivity index (χ2v) is 4.38. The summed E-state index contributed by atoms with van der Waals surface area (Å²) in [6, 6.07) is 8.77. The van der Waals surface area contributed by atoms with Gasteiger partial charge in [-0.1, -0.05) is 12.1 Å². The number of carboxylic acid groups (broad SMARTS) is 1. The van der Waals surface area contributed by atoms with Gasteiger partial charge < -0.3 is 9.84 Å². The van der Waals surface area contributed by atoms with Crippen molar-refractivity contribution < 1.29 is 14.6 Å². The van der Waals surface area contributed by atoms with Crippen LogP contribution in [-0.4, -0.2) is 26.0 Å². The van der Waals surface area contributed by atoms with Gasteiger partial charge in [0.25, 0.3) is 0 Å². The summed E-state index contributed by atoms with van der Waals surface area (Å²) in [5.74, 6) is -0.680. The minimum atomic E-state index is -1.08. The third-order valence-electron chi connectivity index (χ3n) is 2.92. The van der Waals surface area contributed by atoms with Crippen molar-refractivity contribution >= 4 is 17.0 Å². The van der Waals surface area contributed by atoms with Gasteiger partial charge in [-0.15, -0.1) is 0 Å². The van der Waals surface area contributed by atoms with Crippen molar-refractivity contribution in [3.63, 3.8) is 0 Å². The van der Waals surface area contributed by atoms with Crippen molar-refractivity contribution in [3.05, 3.63) is 54.0 Å². The number of hydrogen-bond acceptors (Lipinski definition) is 5. The van der Waals surface area contributed by atoms with Crippen LogP contribution in [0.1, 0.15) is 16.1 Å². The van der Waals surface area contributed by atoms with Crippen LogP contribution in [0.4, 0.5) is 0 Å². The van der Waals surface area contributed by atoms with E-state index in [9.17, 15) is 4.79 Å². The number of para-hydroxylation sites is 2. The van der Waals surface area contributed by atoms with E-state index in [1.54, 1.807) is 6.92 Å². The number of fused-ring (bicyclic) bond motifs is 1. The van der Waals surface area contributed by atoms with Crippen LogP contribution >= 0.6 is 0 Å². The number of hydrogen-bond donors (Lipinski definition) is 1. The fraction of sp³-hybridized carbons (Fsp3) is 0.0667. The highest BCUT2D eigenvalue weighted by molar-refractivity contribution is 5.90. The zero-order valence-corrected chi connectivity index (χ0v) is 11.1. The molecule has 0 unspecified atom stereocenters. The molecule has 0 saturated heterocycles. The lowest BCUT2D eigenvalue weighted by atomic mass is 10.2. The third kappa shape index (κ3) is 2.51. The highest BCUT2D eigenvalue weighted by atomic mass is 16.5. The molecule has 1 N–H and O–H groups in total. The fourth-order valence-corrected chi connectivity index (χ4v) is 1.91. The third-order valence-corrected chi connectivity index (χ3v) is 2.92. The number of aromatic nitrogens is 3. The molecule has 3 rings (SSSR count). The molecule has 3 aromatic rings. The number of ether oxygens (including phenoxy) is 1. The van der Waals surface area contributed by atoms with Crippen molar-refractivity contribution in [2.45, 2.75) is 6.92 Å². The summed E-state index contributed by atoms with van der Waals surface area (Å²) in [5, 5.41) is 9.14. The topological polar surface area (TPSA) is 85.2 Å². The molecule has 0 aliphatic heterocycles. The Bertz CT molecular complexity index is 833. The molecule has 0 radical (unpaired) electrons. The summed E-state index contributed by atoms with van der Waals surface area (Å²) in [4.78, 5) is 23.8. The standard InChI is InChI=1S/C15H11N3O3/c1-9-14(18-12-5-3-2-4-11(12)17-9)21-13-8-16-7-6-10(13)15(19)20/h2-8H,1H3,(H,19,20).